The molecule has 0 aliphatic rings. The van der Waals surface area contributed by atoms with Crippen LogP contribution in [-0.4, -0.2) is 0 Å². The summed E-state index contributed by atoms with van der Waals surface area (Å²) in [6.45, 7) is 1.38. The fraction of sp³-hybridized carbons (Fsp3) is 0.250. The van der Waals surface area contributed by atoms with Gasteiger partial charge in [0.05, 0.1) is 4.47 Å². The second-order valence-corrected chi connectivity index (χ2v) is 3.52. The third kappa shape index (κ3) is 1.86. The van der Waals surface area contributed by atoms with Crippen LogP contribution in [0.4, 0.5) is 13.2 Å². The average Bonchev–Trinajstić information content (AvgIpc) is 1.99. The first-order valence-electron chi connectivity index (χ1n) is 3.53. The van der Waals surface area contributed by atoms with Gasteiger partial charge in [-0.05, 0) is 28.9 Å². The van der Waals surface area contributed by atoms with Gasteiger partial charge in [0, 0.05) is 11.6 Å². The molecule has 0 amide bonds. The predicted octanol–water partition coefficient (Wildman–Crippen LogP) is 2.89. The first-order chi connectivity index (χ1) is 5.95. The van der Waals surface area contributed by atoms with Crippen LogP contribution in [-0.2, 0) is 0 Å². The molecule has 0 aliphatic heterocycles. The number of hydrogen-bond acceptors (Lipinski definition) is 1. The summed E-state index contributed by atoms with van der Waals surface area (Å²) in [5.41, 5.74) is 4.84. The van der Waals surface area contributed by atoms with Gasteiger partial charge in [-0.25, -0.2) is 13.2 Å². The van der Waals surface area contributed by atoms with Gasteiger partial charge in [-0.1, -0.05) is 0 Å². The summed E-state index contributed by atoms with van der Waals surface area (Å²) in [4.78, 5) is 0. The highest BCUT2D eigenvalue weighted by atomic mass is 79.9. The van der Waals surface area contributed by atoms with Crippen LogP contribution in [0.2, 0.25) is 0 Å². The molecule has 0 aliphatic carbocycles. The zero-order valence-corrected chi connectivity index (χ0v) is 8.33. The summed E-state index contributed by atoms with van der Waals surface area (Å²) in [7, 11) is 0. The van der Waals surface area contributed by atoms with Gasteiger partial charge in [0.2, 0.25) is 0 Å². The van der Waals surface area contributed by atoms with Crippen molar-refractivity contribution in [3.8, 4) is 0 Å². The quantitative estimate of drug-likeness (QED) is 0.605. The van der Waals surface area contributed by atoms with Crippen LogP contribution in [0, 0.1) is 17.5 Å². The third-order valence-corrected chi connectivity index (χ3v) is 2.18. The molecule has 1 atom stereocenters. The number of nitrogens with two attached hydrogens (primary N) is 1. The van der Waals surface area contributed by atoms with Gasteiger partial charge in [-0.3, -0.25) is 0 Å². The van der Waals surface area contributed by atoms with E-state index in [0.29, 0.717) is 0 Å². The third-order valence-electron chi connectivity index (χ3n) is 1.60. The van der Waals surface area contributed by atoms with Gasteiger partial charge in [-0.2, -0.15) is 0 Å². The first-order valence-corrected chi connectivity index (χ1v) is 4.33. The molecule has 0 aromatic heterocycles. The van der Waals surface area contributed by atoms with E-state index < -0.39 is 29.1 Å². The minimum atomic E-state index is -1.23. The van der Waals surface area contributed by atoms with Gasteiger partial charge < -0.3 is 5.73 Å². The van der Waals surface area contributed by atoms with E-state index in [1.165, 1.54) is 6.92 Å². The van der Waals surface area contributed by atoms with Gasteiger partial charge in [0.1, 0.15) is 5.82 Å². The monoisotopic (exact) mass is 253 g/mol. The second-order valence-electron chi connectivity index (χ2n) is 2.67. The summed E-state index contributed by atoms with van der Waals surface area (Å²) in [6.07, 6.45) is 0. The van der Waals surface area contributed by atoms with Crippen LogP contribution in [0.25, 0.3) is 0 Å². The lowest BCUT2D eigenvalue weighted by atomic mass is 10.1. The van der Waals surface area contributed by atoms with Gasteiger partial charge >= 0.3 is 0 Å². The molecule has 0 bridgehead atoms. The minimum absolute atomic E-state index is 0.244. The van der Waals surface area contributed by atoms with Crippen LogP contribution in [0.1, 0.15) is 18.5 Å². The lowest BCUT2D eigenvalue weighted by Crippen LogP contribution is -2.11. The molecular weight excluding hydrogens is 247 g/mol. The lowest BCUT2D eigenvalue weighted by molar-refractivity contribution is 0.466. The predicted molar refractivity (Wildman–Crippen MR) is 46.6 cm³/mol. The molecule has 2 N–H and O–H groups in total. The molecule has 13 heavy (non-hydrogen) atoms. The highest BCUT2D eigenvalue weighted by Gasteiger charge is 2.19. The molecule has 0 unspecified atom stereocenters. The first kappa shape index (κ1) is 10.5. The lowest BCUT2D eigenvalue weighted by Gasteiger charge is -2.09. The van der Waals surface area contributed by atoms with Crippen LogP contribution >= 0.6 is 15.9 Å². The molecule has 0 spiro atoms. The Morgan fingerprint density at radius 3 is 2.31 bits per heavy atom. The summed E-state index contributed by atoms with van der Waals surface area (Å²) < 4.78 is 38.7. The van der Waals surface area contributed by atoms with E-state index in [4.69, 9.17) is 5.73 Å². The van der Waals surface area contributed by atoms with Crippen molar-refractivity contribution < 1.29 is 13.2 Å². The average molecular weight is 254 g/mol. The zero-order valence-electron chi connectivity index (χ0n) is 6.74. The number of halogens is 4. The molecule has 0 saturated heterocycles. The molecule has 1 aromatic rings. The molecule has 0 radical (unpaired) electrons. The van der Waals surface area contributed by atoms with Crippen LogP contribution in [0.15, 0.2) is 10.5 Å². The normalized spacial score (nSPS) is 13.1. The number of rotatable bonds is 1. The van der Waals surface area contributed by atoms with Crippen molar-refractivity contribution in [2.45, 2.75) is 13.0 Å². The van der Waals surface area contributed by atoms with E-state index in [0.717, 1.165) is 6.07 Å². The van der Waals surface area contributed by atoms with E-state index in [1.807, 2.05) is 0 Å². The fourth-order valence-corrected chi connectivity index (χ4v) is 1.37. The van der Waals surface area contributed by atoms with E-state index in [9.17, 15) is 13.2 Å². The Kier molecular flexibility index (Phi) is 2.98. The van der Waals surface area contributed by atoms with Gasteiger partial charge in [0.25, 0.3) is 0 Å². The molecular formula is C8H7BrF3N. The Morgan fingerprint density at radius 1 is 1.31 bits per heavy atom. The van der Waals surface area contributed by atoms with Crippen molar-refractivity contribution in [1.82, 2.24) is 0 Å². The Hall–Kier alpha value is -0.550. The minimum Gasteiger partial charge on any atom is -0.324 e. The highest BCUT2D eigenvalue weighted by Crippen LogP contribution is 2.26. The van der Waals surface area contributed by atoms with Crippen molar-refractivity contribution >= 4 is 15.9 Å². The smallest absolute Gasteiger partial charge is 0.173 e. The Balaban J connectivity index is 3.44. The molecule has 0 fully saturated rings. The molecule has 1 rings (SSSR count). The molecule has 5 heteroatoms. The highest BCUT2D eigenvalue weighted by molar-refractivity contribution is 9.10. The van der Waals surface area contributed by atoms with E-state index in [-0.39, 0.29) is 4.47 Å². The van der Waals surface area contributed by atoms with Crippen molar-refractivity contribution in [2.24, 2.45) is 5.73 Å². The fourth-order valence-electron chi connectivity index (χ4n) is 0.998. The van der Waals surface area contributed by atoms with Crippen LogP contribution in [0.3, 0.4) is 0 Å². The molecule has 72 valence electrons. The van der Waals surface area contributed by atoms with Crippen LogP contribution in [0.5, 0.6) is 0 Å². The van der Waals surface area contributed by atoms with Crippen LogP contribution < -0.4 is 5.73 Å². The maximum Gasteiger partial charge on any atom is 0.173 e. The number of benzene rings is 1. The van der Waals surface area contributed by atoms with Crippen molar-refractivity contribution in [3.63, 3.8) is 0 Å². The second kappa shape index (κ2) is 3.67. The van der Waals surface area contributed by atoms with Gasteiger partial charge in [-0.15, -0.1) is 0 Å². The zero-order chi connectivity index (χ0) is 10.2. The topological polar surface area (TPSA) is 26.0 Å². The Bertz CT molecular complexity index is 339. The maximum atomic E-state index is 13.0. The van der Waals surface area contributed by atoms with Crippen molar-refractivity contribution in [2.75, 3.05) is 0 Å². The summed E-state index contributed by atoms with van der Waals surface area (Å²) in [5.74, 6) is -3.20. The Morgan fingerprint density at radius 2 is 1.85 bits per heavy atom. The molecule has 0 heterocycles. The van der Waals surface area contributed by atoms with E-state index >= 15 is 0 Å². The molecule has 1 nitrogen and oxygen atoms in total. The molecule has 0 saturated carbocycles. The van der Waals surface area contributed by atoms with E-state index in [1.54, 1.807) is 0 Å². The maximum absolute atomic E-state index is 13.0. The van der Waals surface area contributed by atoms with Crippen molar-refractivity contribution in [3.05, 3.63) is 33.6 Å². The van der Waals surface area contributed by atoms with Gasteiger partial charge in [0.15, 0.2) is 11.6 Å². The van der Waals surface area contributed by atoms with Crippen molar-refractivity contribution in [1.29, 1.82) is 0 Å². The summed E-state index contributed by atoms with van der Waals surface area (Å²) in [6, 6.07) is -0.0144. The summed E-state index contributed by atoms with van der Waals surface area (Å²) >= 11 is 2.68. The Labute approximate surface area is 81.9 Å². The molecule has 1 aromatic carbocycles. The van der Waals surface area contributed by atoms with E-state index in [2.05, 4.69) is 15.9 Å². The number of hydrogen-bond donors (Lipinski definition) is 1. The summed E-state index contributed by atoms with van der Waals surface area (Å²) in [5, 5.41) is 0. The largest absolute Gasteiger partial charge is 0.324 e. The SMILES string of the molecule is C[C@@H](N)c1c(F)cc(Br)c(F)c1F. The standard InChI is InChI=1S/C8H7BrF3N/c1-3(13)6-5(10)2-4(9)7(11)8(6)12/h2-3H,13H2,1H3/t3-/m1/s1.